The van der Waals surface area contributed by atoms with Crippen molar-refractivity contribution in [3.63, 3.8) is 0 Å². The van der Waals surface area contributed by atoms with Crippen LogP contribution in [0.25, 0.3) is 0 Å². The molecule has 0 bridgehead atoms. The minimum absolute atomic E-state index is 0.00487. The quantitative estimate of drug-likeness (QED) is 0.180. The van der Waals surface area contributed by atoms with Gasteiger partial charge in [-0.3, -0.25) is 19.7 Å². The zero-order valence-corrected chi connectivity index (χ0v) is 17.6. The highest BCUT2D eigenvalue weighted by atomic mass is 35.5. The van der Waals surface area contributed by atoms with Crippen molar-refractivity contribution in [3.8, 4) is 0 Å². The number of halogens is 1. The number of nitro groups is 1. The number of hydrogen-bond acceptors (Lipinski definition) is 11. The number of nitrogens with zero attached hydrogens (tertiary/aromatic N) is 3. The highest BCUT2D eigenvalue weighted by Gasteiger charge is 2.16. The van der Waals surface area contributed by atoms with E-state index in [0.717, 1.165) is 17.8 Å². The smallest absolute Gasteiger partial charge is 0.343 e. The zero-order valence-electron chi connectivity index (χ0n) is 16.0. The summed E-state index contributed by atoms with van der Waals surface area (Å²) in [7, 11) is 0. The van der Waals surface area contributed by atoms with E-state index in [1.54, 1.807) is 6.92 Å². The standard InChI is InChI=1S/C17H16ClN5O7S/c1-2-29-16(26)10-6-20-17(22-15(10)19)31-8-14(25)30-7-13(24)21-12-5-9(23(27)28)3-4-11(12)18/h3-6H,2,7-8H2,1H3,(H,21,24)(H2,19,20,22). The van der Waals surface area contributed by atoms with Crippen LogP contribution in [-0.4, -0.2) is 51.7 Å². The SMILES string of the molecule is CCOC(=O)c1cnc(SCC(=O)OCC(=O)Nc2cc([N+](=O)[O-])ccc2Cl)nc1N. The molecule has 1 amide bonds. The van der Waals surface area contributed by atoms with Gasteiger partial charge in [-0.05, 0) is 13.0 Å². The number of nitrogens with one attached hydrogen (secondary N) is 1. The van der Waals surface area contributed by atoms with Crippen molar-refractivity contribution in [1.29, 1.82) is 0 Å². The number of rotatable bonds is 9. The number of nitrogen functional groups attached to an aromatic ring is 1. The largest absolute Gasteiger partial charge is 0.462 e. The number of benzene rings is 1. The number of anilines is 2. The van der Waals surface area contributed by atoms with E-state index < -0.39 is 29.4 Å². The Hall–Kier alpha value is -3.45. The summed E-state index contributed by atoms with van der Waals surface area (Å²) in [6, 6.07) is 3.53. The molecular formula is C17H16ClN5O7S. The average molecular weight is 470 g/mol. The number of amides is 1. The van der Waals surface area contributed by atoms with Crippen molar-refractivity contribution in [3.05, 3.63) is 45.1 Å². The van der Waals surface area contributed by atoms with E-state index in [2.05, 4.69) is 15.3 Å². The molecule has 0 aliphatic heterocycles. The lowest BCUT2D eigenvalue weighted by Gasteiger charge is -2.08. The van der Waals surface area contributed by atoms with E-state index in [1.165, 1.54) is 18.3 Å². The Bertz CT molecular complexity index is 1020. The molecule has 12 nitrogen and oxygen atoms in total. The molecule has 0 unspecified atom stereocenters. The van der Waals surface area contributed by atoms with Gasteiger partial charge in [-0.15, -0.1) is 0 Å². The molecule has 2 rings (SSSR count). The molecule has 1 aromatic carbocycles. The molecule has 0 saturated carbocycles. The second-order valence-electron chi connectivity index (χ2n) is 5.59. The molecule has 31 heavy (non-hydrogen) atoms. The van der Waals surface area contributed by atoms with Gasteiger partial charge in [0.1, 0.15) is 11.4 Å². The summed E-state index contributed by atoms with van der Waals surface area (Å²) in [4.78, 5) is 53.4. The van der Waals surface area contributed by atoms with E-state index in [1.807, 2.05) is 0 Å². The fourth-order valence-electron chi connectivity index (χ4n) is 2.03. The maximum Gasteiger partial charge on any atom is 0.343 e. The number of non-ortho nitro benzene ring substituents is 1. The van der Waals surface area contributed by atoms with Crippen molar-refractivity contribution in [2.75, 3.05) is 30.0 Å². The number of ether oxygens (including phenoxy) is 2. The summed E-state index contributed by atoms with van der Waals surface area (Å²) in [5.41, 5.74) is 5.44. The van der Waals surface area contributed by atoms with Crippen molar-refractivity contribution < 1.29 is 28.8 Å². The van der Waals surface area contributed by atoms with Crippen LogP contribution in [0.5, 0.6) is 0 Å². The lowest BCUT2D eigenvalue weighted by Crippen LogP contribution is -2.22. The zero-order chi connectivity index (χ0) is 23.0. The lowest BCUT2D eigenvalue weighted by molar-refractivity contribution is -0.384. The van der Waals surface area contributed by atoms with Gasteiger partial charge < -0.3 is 20.5 Å². The predicted octanol–water partition coefficient (Wildman–Crippen LogP) is 2.07. The van der Waals surface area contributed by atoms with E-state index in [-0.39, 0.29) is 45.3 Å². The third-order valence-electron chi connectivity index (χ3n) is 3.41. The van der Waals surface area contributed by atoms with E-state index in [9.17, 15) is 24.5 Å². The first kappa shape index (κ1) is 23.8. The number of thioether (sulfide) groups is 1. The first-order valence-electron chi connectivity index (χ1n) is 8.53. The van der Waals surface area contributed by atoms with Crippen molar-refractivity contribution in [2.45, 2.75) is 12.1 Å². The Morgan fingerprint density at radius 1 is 1.32 bits per heavy atom. The van der Waals surface area contributed by atoms with Crippen LogP contribution in [0.15, 0.2) is 29.6 Å². The van der Waals surface area contributed by atoms with Gasteiger partial charge in [-0.1, -0.05) is 23.4 Å². The summed E-state index contributed by atoms with van der Waals surface area (Å²) >= 11 is 6.77. The van der Waals surface area contributed by atoms with Gasteiger partial charge in [-0.25, -0.2) is 14.8 Å². The van der Waals surface area contributed by atoms with Crippen LogP contribution in [0.4, 0.5) is 17.2 Å². The topological polar surface area (TPSA) is 177 Å². The molecule has 1 aromatic heterocycles. The summed E-state index contributed by atoms with van der Waals surface area (Å²) in [5, 5.41) is 13.3. The van der Waals surface area contributed by atoms with Gasteiger partial charge in [0.05, 0.1) is 28.0 Å². The Labute approximate surface area is 184 Å². The third-order valence-corrected chi connectivity index (χ3v) is 4.57. The van der Waals surface area contributed by atoms with Crippen LogP contribution in [0, 0.1) is 10.1 Å². The molecule has 14 heteroatoms. The van der Waals surface area contributed by atoms with Gasteiger partial charge in [0.25, 0.3) is 11.6 Å². The van der Waals surface area contributed by atoms with Crippen LogP contribution in [0.2, 0.25) is 5.02 Å². The molecule has 0 atom stereocenters. The highest BCUT2D eigenvalue weighted by molar-refractivity contribution is 7.99. The van der Waals surface area contributed by atoms with Crippen LogP contribution >= 0.6 is 23.4 Å². The number of nitrogens with two attached hydrogens (primary N) is 1. The molecule has 0 aliphatic rings. The van der Waals surface area contributed by atoms with Crippen LogP contribution in [0.1, 0.15) is 17.3 Å². The number of esters is 2. The summed E-state index contributed by atoms with van der Waals surface area (Å²) in [5.74, 6) is -2.48. The number of nitro benzene ring substituents is 1. The molecule has 1 heterocycles. The molecule has 2 aromatic rings. The van der Waals surface area contributed by atoms with Gasteiger partial charge in [0, 0.05) is 18.3 Å². The van der Waals surface area contributed by atoms with E-state index >= 15 is 0 Å². The predicted molar refractivity (Wildman–Crippen MR) is 111 cm³/mol. The van der Waals surface area contributed by atoms with Crippen molar-refractivity contribution in [2.24, 2.45) is 0 Å². The van der Waals surface area contributed by atoms with E-state index in [4.69, 9.17) is 26.8 Å². The third kappa shape index (κ3) is 7.08. The fraction of sp³-hybridized carbons (Fsp3) is 0.235. The Kier molecular flexibility index (Phi) is 8.52. The Morgan fingerprint density at radius 3 is 2.71 bits per heavy atom. The normalized spacial score (nSPS) is 10.3. The van der Waals surface area contributed by atoms with Gasteiger partial charge in [-0.2, -0.15) is 0 Å². The summed E-state index contributed by atoms with van der Waals surface area (Å²) < 4.78 is 9.64. The van der Waals surface area contributed by atoms with Crippen LogP contribution < -0.4 is 11.1 Å². The molecule has 0 spiro atoms. The number of carbonyl (C=O) groups is 3. The van der Waals surface area contributed by atoms with Crippen LogP contribution in [-0.2, 0) is 19.1 Å². The second kappa shape index (κ2) is 11.1. The lowest BCUT2D eigenvalue weighted by atomic mass is 10.3. The Morgan fingerprint density at radius 2 is 2.06 bits per heavy atom. The summed E-state index contributed by atoms with van der Waals surface area (Å²) in [6.45, 7) is 1.17. The van der Waals surface area contributed by atoms with Gasteiger partial charge in [0.15, 0.2) is 11.8 Å². The fourth-order valence-corrected chi connectivity index (χ4v) is 2.82. The molecule has 0 aliphatic carbocycles. The van der Waals surface area contributed by atoms with Crippen molar-refractivity contribution in [1.82, 2.24) is 9.97 Å². The molecular weight excluding hydrogens is 454 g/mol. The van der Waals surface area contributed by atoms with Crippen molar-refractivity contribution >= 4 is 58.4 Å². The monoisotopic (exact) mass is 469 g/mol. The molecule has 0 saturated heterocycles. The molecule has 0 radical (unpaired) electrons. The minimum Gasteiger partial charge on any atom is -0.462 e. The first-order chi connectivity index (χ1) is 14.7. The summed E-state index contributed by atoms with van der Waals surface area (Å²) in [6.07, 6.45) is 1.18. The number of hydrogen-bond donors (Lipinski definition) is 2. The van der Waals surface area contributed by atoms with Gasteiger partial charge in [0.2, 0.25) is 0 Å². The maximum absolute atomic E-state index is 11.9. The second-order valence-corrected chi connectivity index (χ2v) is 6.94. The number of aromatic nitrogens is 2. The Balaban J connectivity index is 1.84. The molecule has 164 valence electrons. The first-order valence-corrected chi connectivity index (χ1v) is 9.89. The van der Waals surface area contributed by atoms with Gasteiger partial charge >= 0.3 is 11.9 Å². The molecule has 0 fully saturated rings. The highest BCUT2D eigenvalue weighted by Crippen LogP contribution is 2.26. The number of carbonyl (C=O) groups excluding carboxylic acids is 3. The maximum atomic E-state index is 11.9. The average Bonchev–Trinajstić information content (AvgIpc) is 2.72. The molecule has 3 N–H and O–H groups in total. The minimum atomic E-state index is -0.748. The van der Waals surface area contributed by atoms with E-state index in [0.29, 0.717) is 0 Å². The van der Waals surface area contributed by atoms with Crippen LogP contribution in [0.3, 0.4) is 0 Å².